The predicted molar refractivity (Wildman–Crippen MR) is 89.6 cm³/mol. The molecule has 0 atom stereocenters. The molecule has 3 N–H and O–H groups in total. The highest BCUT2D eigenvalue weighted by atomic mass is 16.3. The average Bonchev–Trinajstić information content (AvgIpc) is 2.93. The van der Waals surface area contributed by atoms with Crippen molar-refractivity contribution in [3.8, 4) is 0 Å². The molecule has 4 saturated carbocycles. The van der Waals surface area contributed by atoms with E-state index in [9.17, 15) is 9.59 Å². The monoisotopic (exact) mass is 328 g/mol. The molecule has 24 heavy (non-hydrogen) atoms. The molecule has 5 rings (SSSR count). The fourth-order valence-corrected chi connectivity index (χ4v) is 5.54. The molecule has 4 aliphatic rings. The first-order chi connectivity index (χ1) is 11.5. The summed E-state index contributed by atoms with van der Waals surface area (Å²) in [7, 11) is 0. The smallest absolute Gasteiger partial charge is 0.244 e. The second kappa shape index (κ2) is 5.50. The molecule has 0 saturated heterocycles. The summed E-state index contributed by atoms with van der Waals surface area (Å²) in [5.74, 6) is 2.58. The van der Waals surface area contributed by atoms with E-state index >= 15 is 0 Å². The molecule has 128 valence electrons. The number of aryl methyl sites for hydroxylation is 1. The second-order valence-electron chi connectivity index (χ2n) is 7.81. The van der Waals surface area contributed by atoms with Crippen LogP contribution in [-0.4, -0.2) is 17.4 Å². The standard InChI is InChI=1S/C19H24N2O3/c1-11-2-3-16(24-11)4-5-17(22)21-19(18(20)23)14-7-12-6-13(9-14)10-15(19)8-12/h2-5,12-15H,6-10H2,1H3,(H2,20,23)(H,21,22). The molecule has 5 heteroatoms. The Kier molecular flexibility index (Phi) is 3.55. The summed E-state index contributed by atoms with van der Waals surface area (Å²) in [5.41, 5.74) is 4.95. The third kappa shape index (κ3) is 2.38. The molecule has 0 unspecified atom stereocenters. The Labute approximate surface area is 141 Å². The van der Waals surface area contributed by atoms with Crippen molar-refractivity contribution >= 4 is 17.9 Å². The summed E-state index contributed by atoms with van der Waals surface area (Å²) in [6.07, 6.45) is 8.40. The van der Waals surface area contributed by atoms with E-state index in [4.69, 9.17) is 10.2 Å². The lowest BCUT2D eigenvalue weighted by atomic mass is 9.48. The maximum Gasteiger partial charge on any atom is 0.244 e. The summed E-state index contributed by atoms with van der Waals surface area (Å²) >= 11 is 0. The van der Waals surface area contributed by atoms with Crippen molar-refractivity contribution in [3.63, 3.8) is 0 Å². The van der Waals surface area contributed by atoms with Crippen LogP contribution in [0.3, 0.4) is 0 Å². The Hall–Kier alpha value is -2.04. The number of primary amides is 1. The number of hydrogen-bond acceptors (Lipinski definition) is 3. The number of furan rings is 1. The van der Waals surface area contributed by atoms with Gasteiger partial charge in [0.05, 0.1) is 0 Å². The molecule has 0 aromatic carbocycles. The van der Waals surface area contributed by atoms with E-state index in [1.807, 2.05) is 19.1 Å². The summed E-state index contributed by atoms with van der Waals surface area (Å²) in [6, 6.07) is 3.66. The topological polar surface area (TPSA) is 85.3 Å². The van der Waals surface area contributed by atoms with Crippen molar-refractivity contribution in [3.05, 3.63) is 29.7 Å². The first-order valence-corrected chi connectivity index (χ1v) is 8.84. The first-order valence-electron chi connectivity index (χ1n) is 8.84. The van der Waals surface area contributed by atoms with E-state index in [0.717, 1.165) is 31.4 Å². The minimum Gasteiger partial charge on any atom is -0.462 e. The molecule has 1 aromatic rings. The quantitative estimate of drug-likeness (QED) is 0.832. The molecule has 0 aliphatic heterocycles. The van der Waals surface area contributed by atoms with Gasteiger partial charge in [0.2, 0.25) is 11.8 Å². The van der Waals surface area contributed by atoms with Gasteiger partial charge in [-0.05, 0) is 80.9 Å². The van der Waals surface area contributed by atoms with Crippen molar-refractivity contribution in [1.29, 1.82) is 0 Å². The van der Waals surface area contributed by atoms with Crippen LogP contribution in [0.1, 0.15) is 43.6 Å². The van der Waals surface area contributed by atoms with Gasteiger partial charge in [0, 0.05) is 6.08 Å². The first kappa shape index (κ1) is 15.5. The summed E-state index contributed by atoms with van der Waals surface area (Å²) < 4.78 is 5.43. The molecule has 2 amide bonds. The van der Waals surface area contributed by atoms with Gasteiger partial charge in [-0.2, -0.15) is 0 Å². The van der Waals surface area contributed by atoms with E-state index in [2.05, 4.69) is 5.32 Å². The summed E-state index contributed by atoms with van der Waals surface area (Å²) in [5, 5.41) is 3.01. The van der Waals surface area contributed by atoms with Crippen molar-refractivity contribution in [2.45, 2.75) is 44.6 Å². The maximum atomic E-state index is 12.5. The largest absolute Gasteiger partial charge is 0.462 e. The molecule has 4 aliphatic carbocycles. The van der Waals surface area contributed by atoms with Gasteiger partial charge in [0.15, 0.2) is 0 Å². The molecule has 1 heterocycles. The van der Waals surface area contributed by atoms with E-state index in [0.29, 0.717) is 17.6 Å². The number of nitrogens with one attached hydrogen (secondary N) is 1. The number of nitrogens with two attached hydrogens (primary N) is 1. The van der Waals surface area contributed by atoms with Crippen molar-refractivity contribution in [2.75, 3.05) is 0 Å². The Morgan fingerprint density at radius 1 is 1.17 bits per heavy atom. The number of amides is 2. The van der Waals surface area contributed by atoms with Crippen molar-refractivity contribution in [2.24, 2.45) is 29.4 Å². The molecule has 4 fully saturated rings. The molecule has 0 radical (unpaired) electrons. The summed E-state index contributed by atoms with van der Waals surface area (Å²) in [4.78, 5) is 24.9. The molecule has 5 nitrogen and oxygen atoms in total. The predicted octanol–water partition coefficient (Wildman–Crippen LogP) is 2.40. The fraction of sp³-hybridized carbons (Fsp3) is 0.579. The third-order valence-electron chi connectivity index (χ3n) is 6.32. The molecule has 0 spiro atoms. The number of rotatable bonds is 4. The number of carbonyl (C=O) groups is 2. The summed E-state index contributed by atoms with van der Waals surface area (Å²) in [6.45, 7) is 1.86. The van der Waals surface area contributed by atoms with Crippen molar-refractivity contribution in [1.82, 2.24) is 5.32 Å². The highest BCUT2D eigenvalue weighted by Gasteiger charge is 2.60. The van der Waals surface area contributed by atoms with Crippen LogP contribution in [0.5, 0.6) is 0 Å². The Balaban J connectivity index is 1.55. The van der Waals surface area contributed by atoms with Crippen LogP contribution in [0.25, 0.3) is 6.08 Å². The van der Waals surface area contributed by atoms with Gasteiger partial charge in [-0.1, -0.05) is 0 Å². The lowest BCUT2D eigenvalue weighted by molar-refractivity contribution is -0.148. The minimum absolute atomic E-state index is 0.189. The molecule has 1 aromatic heterocycles. The Bertz CT molecular complexity index is 675. The minimum atomic E-state index is -0.867. The normalized spacial score (nSPS) is 37.0. The molecular formula is C19H24N2O3. The Morgan fingerprint density at radius 2 is 1.79 bits per heavy atom. The van der Waals surface area contributed by atoms with Crippen molar-refractivity contribution < 1.29 is 14.0 Å². The molecular weight excluding hydrogens is 304 g/mol. The molecule has 4 bridgehead atoms. The van der Waals surface area contributed by atoms with Gasteiger partial charge in [-0.3, -0.25) is 9.59 Å². The van der Waals surface area contributed by atoms with Gasteiger partial charge in [0.1, 0.15) is 17.1 Å². The van der Waals surface area contributed by atoms with Gasteiger partial charge in [-0.15, -0.1) is 0 Å². The van der Waals surface area contributed by atoms with Gasteiger partial charge >= 0.3 is 0 Å². The third-order valence-corrected chi connectivity index (χ3v) is 6.32. The highest BCUT2D eigenvalue weighted by Crippen LogP contribution is 2.58. The van der Waals surface area contributed by atoms with Crippen LogP contribution in [0.4, 0.5) is 0 Å². The van der Waals surface area contributed by atoms with E-state index in [1.165, 1.54) is 12.5 Å². The average molecular weight is 328 g/mol. The Morgan fingerprint density at radius 3 is 2.29 bits per heavy atom. The van der Waals surface area contributed by atoms with Crippen LogP contribution in [0.15, 0.2) is 22.6 Å². The van der Waals surface area contributed by atoms with E-state index < -0.39 is 5.54 Å². The SMILES string of the molecule is Cc1ccc(C=CC(=O)NC2(C(N)=O)C3CC4CC(C3)CC2C4)o1. The number of hydrogen-bond donors (Lipinski definition) is 2. The second-order valence-corrected chi connectivity index (χ2v) is 7.81. The van der Waals surface area contributed by atoms with Crippen LogP contribution in [0, 0.1) is 30.6 Å². The zero-order chi connectivity index (χ0) is 16.9. The van der Waals surface area contributed by atoms with Crippen LogP contribution >= 0.6 is 0 Å². The van der Waals surface area contributed by atoms with Crippen LogP contribution < -0.4 is 11.1 Å². The lowest BCUT2D eigenvalue weighted by Gasteiger charge is -2.59. The zero-order valence-electron chi connectivity index (χ0n) is 14.0. The maximum absolute atomic E-state index is 12.5. The highest BCUT2D eigenvalue weighted by molar-refractivity contribution is 5.97. The van der Waals surface area contributed by atoms with Gasteiger partial charge in [-0.25, -0.2) is 0 Å². The zero-order valence-corrected chi connectivity index (χ0v) is 14.0. The fourth-order valence-electron chi connectivity index (χ4n) is 5.54. The van der Waals surface area contributed by atoms with E-state index in [1.54, 1.807) is 6.08 Å². The number of carbonyl (C=O) groups excluding carboxylic acids is 2. The van der Waals surface area contributed by atoms with Gasteiger partial charge < -0.3 is 15.5 Å². The lowest BCUT2D eigenvalue weighted by Crippen LogP contribution is -2.71. The van der Waals surface area contributed by atoms with Crippen LogP contribution in [-0.2, 0) is 9.59 Å². The van der Waals surface area contributed by atoms with Crippen LogP contribution in [0.2, 0.25) is 0 Å². The van der Waals surface area contributed by atoms with Gasteiger partial charge in [0.25, 0.3) is 0 Å². The van der Waals surface area contributed by atoms with E-state index in [-0.39, 0.29) is 23.7 Å².